The van der Waals surface area contributed by atoms with Gasteiger partial charge in [0.05, 0.1) is 6.10 Å². The van der Waals surface area contributed by atoms with Gasteiger partial charge in [0.2, 0.25) is 0 Å². The predicted octanol–water partition coefficient (Wildman–Crippen LogP) is 2.46. The summed E-state index contributed by atoms with van der Waals surface area (Å²) in [5, 5.41) is 15.3. The molecule has 1 aromatic rings. The number of aliphatic hydroxyl groups is 1. The van der Waals surface area contributed by atoms with E-state index in [1.165, 1.54) is 12.1 Å². The van der Waals surface area contributed by atoms with Gasteiger partial charge in [0.15, 0.2) is 0 Å². The van der Waals surface area contributed by atoms with Crippen LogP contribution in [-0.4, -0.2) is 29.8 Å². The molecule has 1 rings (SSSR count). The minimum atomic E-state index is -0.609. The van der Waals surface area contributed by atoms with Gasteiger partial charge in [0, 0.05) is 12.6 Å². The second-order valence-corrected chi connectivity index (χ2v) is 6.47. The van der Waals surface area contributed by atoms with E-state index >= 15 is 0 Å². The highest BCUT2D eigenvalue weighted by atomic mass is 19.1. The smallest absolute Gasteiger partial charge is 0.315 e. The first kappa shape index (κ1) is 17.4. The molecule has 4 nitrogen and oxygen atoms in total. The van der Waals surface area contributed by atoms with Crippen LogP contribution in [0.15, 0.2) is 24.3 Å². The van der Waals surface area contributed by atoms with Crippen LogP contribution >= 0.6 is 0 Å². The lowest BCUT2D eigenvalue weighted by Crippen LogP contribution is -2.46. The first-order chi connectivity index (χ1) is 9.68. The molecule has 0 bridgehead atoms. The van der Waals surface area contributed by atoms with E-state index < -0.39 is 6.10 Å². The first-order valence-corrected chi connectivity index (χ1v) is 7.15. The monoisotopic (exact) mass is 296 g/mol. The van der Waals surface area contributed by atoms with Gasteiger partial charge in [-0.05, 0) is 36.5 Å². The molecule has 0 heterocycles. The van der Waals surface area contributed by atoms with E-state index in [9.17, 15) is 14.3 Å². The number of urea groups is 1. The average molecular weight is 296 g/mol. The number of nitrogens with one attached hydrogen (secondary N) is 2. The molecule has 118 valence electrons. The van der Waals surface area contributed by atoms with Crippen LogP contribution in [0.1, 0.15) is 33.3 Å². The number of amides is 2. The Morgan fingerprint density at radius 2 is 2.05 bits per heavy atom. The van der Waals surface area contributed by atoms with Gasteiger partial charge in [-0.1, -0.05) is 32.9 Å². The van der Waals surface area contributed by atoms with E-state index in [1.54, 1.807) is 6.07 Å². The zero-order chi connectivity index (χ0) is 16.0. The van der Waals surface area contributed by atoms with Crippen LogP contribution in [0.3, 0.4) is 0 Å². The minimum Gasteiger partial charge on any atom is -0.391 e. The molecular weight excluding hydrogens is 271 g/mol. The summed E-state index contributed by atoms with van der Waals surface area (Å²) in [7, 11) is 0. The Morgan fingerprint density at radius 1 is 1.38 bits per heavy atom. The van der Waals surface area contributed by atoms with Gasteiger partial charge in [-0.15, -0.1) is 0 Å². The van der Waals surface area contributed by atoms with Crippen molar-refractivity contribution < 1.29 is 14.3 Å². The molecule has 0 radical (unpaired) electrons. The fraction of sp³-hybridized carbons (Fsp3) is 0.562. The Kier molecular flexibility index (Phi) is 6.15. The standard InChI is InChI=1S/C16H25FN2O2/c1-11(8-12-6-5-7-13(17)9-12)19-15(21)18-10-14(20)16(2,3)4/h5-7,9,11,14,20H,8,10H2,1-4H3,(H2,18,19,21). The maximum atomic E-state index is 13.1. The lowest BCUT2D eigenvalue weighted by molar-refractivity contribution is 0.0649. The van der Waals surface area contributed by atoms with Crippen LogP contribution in [0.25, 0.3) is 0 Å². The van der Waals surface area contributed by atoms with Gasteiger partial charge in [-0.3, -0.25) is 0 Å². The van der Waals surface area contributed by atoms with Crippen molar-refractivity contribution in [2.75, 3.05) is 6.54 Å². The third kappa shape index (κ3) is 6.58. The van der Waals surface area contributed by atoms with Crippen molar-refractivity contribution in [1.82, 2.24) is 10.6 Å². The van der Waals surface area contributed by atoms with Crippen LogP contribution < -0.4 is 10.6 Å². The van der Waals surface area contributed by atoms with Crippen molar-refractivity contribution in [3.05, 3.63) is 35.6 Å². The quantitative estimate of drug-likeness (QED) is 0.781. The van der Waals surface area contributed by atoms with Crippen molar-refractivity contribution in [3.8, 4) is 0 Å². The van der Waals surface area contributed by atoms with Gasteiger partial charge in [0.25, 0.3) is 0 Å². The van der Waals surface area contributed by atoms with Gasteiger partial charge in [-0.25, -0.2) is 9.18 Å². The predicted molar refractivity (Wildman–Crippen MR) is 81.6 cm³/mol. The third-order valence-electron chi connectivity index (χ3n) is 3.26. The van der Waals surface area contributed by atoms with Crippen LogP contribution in [0.4, 0.5) is 9.18 Å². The van der Waals surface area contributed by atoms with E-state index in [0.29, 0.717) is 6.42 Å². The molecule has 0 saturated heterocycles. The Balaban J connectivity index is 2.37. The third-order valence-corrected chi connectivity index (χ3v) is 3.26. The maximum absolute atomic E-state index is 13.1. The zero-order valence-electron chi connectivity index (χ0n) is 13.1. The van der Waals surface area contributed by atoms with Crippen molar-refractivity contribution in [2.45, 2.75) is 46.3 Å². The first-order valence-electron chi connectivity index (χ1n) is 7.15. The lowest BCUT2D eigenvalue weighted by atomic mass is 9.89. The van der Waals surface area contributed by atoms with Gasteiger partial charge in [-0.2, -0.15) is 0 Å². The normalized spacial score (nSPS) is 14.4. The van der Waals surface area contributed by atoms with Crippen LogP contribution in [0, 0.1) is 11.2 Å². The highest BCUT2D eigenvalue weighted by molar-refractivity contribution is 5.74. The SMILES string of the molecule is CC(Cc1cccc(F)c1)NC(=O)NCC(O)C(C)(C)C. The molecular formula is C16H25FN2O2. The highest BCUT2D eigenvalue weighted by Gasteiger charge is 2.22. The zero-order valence-corrected chi connectivity index (χ0v) is 13.1. The molecule has 0 aliphatic heterocycles. The summed E-state index contributed by atoms with van der Waals surface area (Å²) in [5.41, 5.74) is 0.554. The van der Waals surface area contributed by atoms with Crippen molar-refractivity contribution >= 4 is 6.03 Å². The Morgan fingerprint density at radius 3 is 2.62 bits per heavy atom. The van der Waals surface area contributed by atoms with Crippen LogP contribution in [0.2, 0.25) is 0 Å². The van der Waals surface area contributed by atoms with Gasteiger partial charge < -0.3 is 15.7 Å². The Bertz CT molecular complexity index is 472. The van der Waals surface area contributed by atoms with Crippen LogP contribution in [-0.2, 0) is 6.42 Å². The molecule has 0 saturated carbocycles. The highest BCUT2D eigenvalue weighted by Crippen LogP contribution is 2.18. The molecule has 2 amide bonds. The Hall–Kier alpha value is -1.62. The van der Waals surface area contributed by atoms with E-state index in [0.717, 1.165) is 5.56 Å². The molecule has 0 aliphatic carbocycles. The van der Waals surface area contributed by atoms with Crippen molar-refractivity contribution in [3.63, 3.8) is 0 Å². The number of carbonyl (C=O) groups excluding carboxylic acids is 1. The van der Waals surface area contributed by atoms with Crippen molar-refractivity contribution in [1.29, 1.82) is 0 Å². The number of aliphatic hydroxyl groups excluding tert-OH is 1. The van der Waals surface area contributed by atoms with Crippen molar-refractivity contribution in [2.24, 2.45) is 5.41 Å². The van der Waals surface area contributed by atoms with E-state index in [2.05, 4.69) is 10.6 Å². The molecule has 2 atom stereocenters. The number of benzene rings is 1. The largest absolute Gasteiger partial charge is 0.391 e. The minimum absolute atomic E-state index is 0.126. The lowest BCUT2D eigenvalue weighted by Gasteiger charge is -2.26. The van der Waals surface area contributed by atoms with E-state index in [-0.39, 0.29) is 29.8 Å². The summed E-state index contributed by atoms with van der Waals surface area (Å²) >= 11 is 0. The summed E-state index contributed by atoms with van der Waals surface area (Å²) in [6.45, 7) is 7.77. The van der Waals surface area contributed by atoms with E-state index in [1.807, 2.05) is 33.8 Å². The van der Waals surface area contributed by atoms with Crippen LogP contribution in [0.5, 0.6) is 0 Å². The number of halogens is 1. The summed E-state index contributed by atoms with van der Waals surface area (Å²) in [6.07, 6.45) is -0.0609. The summed E-state index contributed by atoms with van der Waals surface area (Å²) in [5.74, 6) is -0.280. The summed E-state index contributed by atoms with van der Waals surface area (Å²) in [6, 6.07) is 5.86. The number of carbonyl (C=O) groups is 1. The molecule has 0 fully saturated rings. The number of hydrogen-bond acceptors (Lipinski definition) is 2. The summed E-state index contributed by atoms with van der Waals surface area (Å²) in [4.78, 5) is 11.7. The molecule has 1 aromatic carbocycles. The fourth-order valence-corrected chi connectivity index (χ4v) is 1.84. The second kappa shape index (κ2) is 7.41. The summed E-state index contributed by atoms with van der Waals surface area (Å²) < 4.78 is 13.1. The average Bonchev–Trinajstić information content (AvgIpc) is 2.34. The maximum Gasteiger partial charge on any atom is 0.315 e. The molecule has 5 heteroatoms. The molecule has 0 aliphatic rings. The second-order valence-electron chi connectivity index (χ2n) is 6.47. The van der Waals surface area contributed by atoms with Gasteiger partial charge in [0.1, 0.15) is 5.82 Å². The molecule has 2 unspecified atom stereocenters. The number of hydrogen-bond donors (Lipinski definition) is 3. The fourth-order valence-electron chi connectivity index (χ4n) is 1.84. The Labute approximate surface area is 125 Å². The molecule has 0 aromatic heterocycles. The van der Waals surface area contributed by atoms with E-state index in [4.69, 9.17) is 0 Å². The number of rotatable bonds is 5. The van der Waals surface area contributed by atoms with Gasteiger partial charge >= 0.3 is 6.03 Å². The molecule has 21 heavy (non-hydrogen) atoms. The molecule has 3 N–H and O–H groups in total. The topological polar surface area (TPSA) is 61.4 Å². The molecule has 0 spiro atoms.